The summed E-state index contributed by atoms with van der Waals surface area (Å²) in [5, 5.41) is 4.37. The predicted octanol–water partition coefficient (Wildman–Crippen LogP) is 4.72. The summed E-state index contributed by atoms with van der Waals surface area (Å²) >= 11 is 7.31. The molecule has 0 unspecified atom stereocenters. The Hall–Kier alpha value is -2.58. The maximum absolute atomic E-state index is 13.3. The minimum absolute atomic E-state index is 0.0242. The van der Waals surface area contributed by atoms with Crippen molar-refractivity contribution >= 4 is 50.8 Å². The van der Waals surface area contributed by atoms with E-state index in [1.165, 1.54) is 17.5 Å². The molecule has 1 aliphatic heterocycles. The number of amides is 2. The van der Waals surface area contributed by atoms with Gasteiger partial charge in [0.15, 0.2) is 0 Å². The molecule has 2 fully saturated rings. The van der Waals surface area contributed by atoms with Crippen LogP contribution in [0.25, 0.3) is 10.2 Å². The third-order valence-electron chi connectivity index (χ3n) is 6.26. The quantitative estimate of drug-likeness (QED) is 0.597. The number of likely N-dealkylation sites (tertiary alicyclic amines) is 1. The van der Waals surface area contributed by atoms with Gasteiger partial charge in [0.1, 0.15) is 16.5 Å². The molecule has 0 spiro atoms. The zero-order chi connectivity index (χ0) is 22.4. The minimum Gasteiger partial charge on any atom is -0.338 e. The summed E-state index contributed by atoms with van der Waals surface area (Å²) in [5.41, 5.74) is 1.92. The number of aromatic nitrogens is 3. The lowest BCUT2D eigenvalue weighted by Crippen LogP contribution is -2.41. The summed E-state index contributed by atoms with van der Waals surface area (Å²) in [6.07, 6.45) is 5.06. The van der Waals surface area contributed by atoms with E-state index < -0.39 is 0 Å². The van der Waals surface area contributed by atoms with Crippen molar-refractivity contribution in [2.24, 2.45) is 5.92 Å². The van der Waals surface area contributed by atoms with Gasteiger partial charge in [-0.1, -0.05) is 11.6 Å². The number of hydrogen-bond donors (Lipinski definition) is 1. The number of anilines is 1. The van der Waals surface area contributed by atoms with E-state index in [1.807, 2.05) is 18.7 Å². The van der Waals surface area contributed by atoms with Gasteiger partial charge in [-0.15, -0.1) is 11.3 Å². The normalized spacial score (nSPS) is 17.0. The maximum Gasteiger partial charge on any atom is 0.264 e. The Morgan fingerprint density at radius 2 is 1.88 bits per heavy atom. The summed E-state index contributed by atoms with van der Waals surface area (Å²) in [5.74, 6) is 1.69. The van der Waals surface area contributed by atoms with Crippen molar-refractivity contribution in [2.75, 3.05) is 18.4 Å². The first-order valence-electron chi connectivity index (χ1n) is 10.9. The molecule has 1 aliphatic carbocycles. The fourth-order valence-corrected chi connectivity index (χ4v) is 5.57. The number of carbonyl (C=O) groups is 2. The lowest BCUT2D eigenvalue weighted by Gasteiger charge is -2.31. The lowest BCUT2D eigenvalue weighted by atomic mass is 9.95. The van der Waals surface area contributed by atoms with Crippen LogP contribution in [0, 0.1) is 19.8 Å². The van der Waals surface area contributed by atoms with Crippen molar-refractivity contribution in [1.29, 1.82) is 0 Å². The van der Waals surface area contributed by atoms with Gasteiger partial charge < -0.3 is 10.2 Å². The summed E-state index contributed by atoms with van der Waals surface area (Å²) in [6.45, 7) is 5.09. The van der Waals surface area contributed by atoms with Gasteiger partial charge in [0.2, 0.25) is 5.91 Å². The molecule has 1 saturated heterocycles. The van der Waals surface area contributed by atoms with Crippen LogP contribution >= 0.6 is 22.9 Å². The fraction of sp³-hybridized carbons (Fsp3) is 0.435. The number of thiophene rings is 1. The number of fused-ring (bicyclic) bond motifs is 1. The maximum atomic E-state index is 13.3. The second-order valence-corrected chi connectivity index (χ2v) is 10.0. The first-order chi connectivity index (χ1) is 15.4. The fourth-order valence-electron chi connectivity index (χ4n) is 4.25. The molecule has 0 aromatic carbocycles. The Morgan fingerprint density at radius 3 is 2.53 bits per heavy atom. The van der Waals surface area contributed by atoms with Gasteiger partial charge in [-0.2, -0.15) is 0 Å². The molecule has 1 saturated carbocycles. The largest absolute Gasteiger partial charge is 0.338 e. The zero-order valence-electron chi connectivity index (χ0n) is 18.0. The van der Waals surface area contributed by atoms with Crippen molar-refractivity contribution in [1.82, 2.24) is 19.9 Å². The molecule has 0 atom stereocenters. The highest BCUT2D eigenvalue weighted by Crippen LogP contribution is 2.40. The van der Waals surface area contributed by atoms with Crippen molar-refractivity contribution in [2.45, 2.75) is 45.4 Å². The SMILES string of the molecule is Cc1nc(C2CC2)nc2sc(C(=O)N3CCC(C(=O)Nc4ccc(Cl)cn4)CC3)c(C)c12. The number of halogens is 1. The summed E-state index contributed by atoms with van der Waals surface area (Å²) in [6, 6.07) is 3.38. The molecule has 0 bridgehead atoms. The van der Waals surface area contributed by atoms with Crippen molar-refractivity contribution < 1.29 is 9.59 Å². The summed E-state index contributed by atoms with van der Waals surface area (Å²) < 4.78 is 0. The van der Waals surface area contributed by atoms with E-state index in [-0.39, 0.29) is 17.7 Å². The molecule has 3 aromatic rings. The molecule has 2 amide bonds. The summed E-state index contributed by atoms with van der Waals surface area (Å²) in [4.78, 5) is 43.0. The standard InChI is InChI=1S/C23H24ClN5O2S/c1-12-18-13(2)26-20(14-3-4-14)28-22(18)32-19(12)23(31)29-9-7-15(8-10-29)21(30)27-17-6-5-16(24)11-25-17/h5-6,11,14-15H,3-4,7-10H2,1-2H3,(H,25,27,30). The van der Waals surface area contributed by atoms with Crippen molar-refractivity contribution in [3.63, 3.8) is 0 Å². The average Bonchev–Trinajstić information content (AvgIpc) is 3.58. The highest BCUT2D eigenvalue weighted by atomic mass is 35.5. The molecule has 7 nitrogen and oxygen atoms in total. The van der Waals surface area contributed by atoms with E-state index in [0.29, 0.717) is 42.7 Å². The van der Waals surface area contributed by atoms with Crippen LogP contribution in [0.4, 0.5) is 5.82 Å². The average molecular weight is 470 g/mol. The topological polar surface area (TPSA) is 88.1 Å². The van der Waals surface area contributed by atoms with E-state index in [9.17, 15) is 9.59 Å². The Bertz CT molecular complexity index is 1200. The number of nitrogens with zero attached hydrogens (tertiary/aromatic N) is 4. The molecule has 5 rings (SSSR count). The van der Waals surface area contributed by atoms with Crippen LogP contribution < -0.4 is 5.32 Å². The van der Waals surface area contributed by atoms with Crippen LogP contribution in [0.1, 0.15) is 58.4 Å². The third kappa shape index (κ3) is 4.09. The van der Waals surface area contributed by atoms with E-state index in [4.69, 9.17) is 21.6 Å². The van der Waals surface area contributed by atoms with Gasteiger partial charge in [0.25, 0.3) is 5.91 Å². The highest BCUT2D eigenvalue weighted by Gasteiger charge is 2.31. The van der Waals surface area contributed by atoms with Crippen LogP contribution in [-0.2, 0) is 4.79 Å². The molecule has 0 radical (unpaired) electrons. The molecule has 32 heavy (non-hydrogen) atoms. The predicted molar refractivity (Wildman–Crippen MR) is 125 cm³/mol. The third-order valence-corrected chi connectivity index (χ3v) is 7.65. The number of aryl methyl sites for hydroxylation is 2. The minimum atomic E-state index is -0.144. The van der Waals surface area contributed by atoms with Crippen LogP contribution in [0.15, 0.2) is 18.3 Å². The van der Waals surface area contributed by atoms with Crippen LogP contribution in [0.2, 0.25) is 5.02 Å². The molecular formula is C23H24ClN5O2S. The molecule has 4 heterocycles. The number of nitrogens with one attached hydrogen (secondary N) is 1. The van der Waals surface area contributed by atoms with Gasteiger partial charge in [-0.3, -0.25) is 9.59 Å². The monoisotopic (exact) mass is 469 g/mol. The van der Waals surface area contributed by atoms with Gasteiger partial charge in [-0.25, -0.2) is 15.0 Å². The van der Waals surface area contributed by atoms with E-state index in [2.05, 4.69) is 10.3 Å². The molecular weight excluding hydrogens is 446 g/mol. The van der Waals surface area contributed by atoms with Crippen LogP contribution in [0.5, 0.6) is 0 Å². The zero-order valence-corrected chi connectivity index (χ0v) is 19.6. The molecule has 1 N–H and O–H groups in total. The lowest BCUT2D eigenvalue weighted by molar-refractivity contribution is -0.121. The number of hydrogen-bond acceptors (Lipinski definition) is 6. The summed E-state index contributed by atoms with van der Waals surface area (Å²) in [7, 11) is 0. The number of carbonyl (C=O) groups excluding carboxylic acids is 2. The first-order valence-corrected chi connectivity index (χ1v) is 12.1. The second kappa shape index (κ2) is 8.41. The number of pyridine rings is 1. The van der Waals surface area contributed by atoms with Crippen molar-refractivity contribution in [3.05, 3.63) is 45.3 Å². The Balaban J connectivity index is 1.26. The highest BCUT2D eigenvalue weighted by molar-refractivity contribution is 7.20. The van der Waals surface area contributed by atoms with Gasteiger partial charge in [0.05, 0.1) is 15.6 Å². The van der Waals surface area contributed by atoms with Gasteiger partial charge >= 0.3 is 0 Å². The van der Waals surface area contributed by atoms with E-state index in [1.54, 1.807) is 12.1 Å². The molecule has 2 aliphatic rings. The molecule has 166 valence electrons. The molecule has 3 aromatic heterocycles. The molecule has 9 heteroatoms. The Morgan fingerprint density at radius 1 is 1.12 bits per heavy atom. The van der Waals surface area contributed by atoms with Gasteiger partial charge in [-0.05, 0) is 57.2 Å². The Kier molecular flexibility index (Phi) is 5.59. The van der Waals surface area contributed by atoms with E-state index in [0.717, 1.165) is 45.0 Å². The van der Waals surface area contributed by atoms with Crippen LogP contribution in [-0.4, -0.2) is 44.8 Å². The smallest absolute Gasteiger partial charge is 0.264 e. The number of piperidine rings is 1. The second-order valence-electron chi connectivity index (χ2n) is 8.60. The first kappa shape index (κ1) is 21.3. The van der Waals surface area contributed by atoms with Gasteiger partial charge in [0, 0.05) is 36.5 Å². The van der Waals surface area contributed by atoms with E-state index >= 15 is 0 Å². The van der Waals surface area contributed by atoms with Crippen LogP contribution in [0.3, 0.4) is 0 Å². The Labute approximate surface area is 195 Å². The van der Waals surface area contributed by atoms with Crippen molar-refractivity contribution in [3.8, 4) is 0 Å². The number of rotatable bonds is 4.